The standard InChI is InChI=1S/C15H21N5O6/c1-6-10(22)11(23)8(26-14(6)25-3)4-20-5-16-9-12(20)18-15(17-7(2)21)19-13(9)24/h5-6,8,10-11,14,22-23H,4H2,1-3H3,(H2,17,18,19,21,24)/t6?,8?,10?,11-,14+/m1/s1. The molecule has 1 fully saturated rings. The second-order valence-corrected chi connectivity index (χ2v) is 6.28. The minimum atomic E-state index is -1.15. The third-order valence-electron chi connectivity index (χ3n) is 4.39. The number of imidazole rings is 1. The normalized spacial score (nSPS) is 29.0. The fraction of sp³-hybridized carbons (Fsp3) is 0.600. The first kappa shape index (κ1) is 18.5. The third kappa shape index (κ3) is 3.33. The zero-order valence-corrected chi connectivity index (χ0v) is 14.5. The molecule has 0 saturated carbocycles. The second kappa shape index (κ2) is 7.11. The van der Waals surface area contributed by atoms with Crippen molar-refractivity contribution < 1.29 is 24.5 Å². The van der Waals surface area contributed by atoms with Crippen molar-refractivity contribution in [1.82, 2.24) is 19.5 Å². The van der Waals surface area contributed by atoms with Gasteiger partial charge in [0.25, 0.3) is 5.56 Å². The Labute approximate surface area is 148 Å². The van der Waals surface area contributed by atoms with E-state index in [4.69, 9.17) is 9.47 Å². The molecule has 0 aromatic carbocycles. The summed E-state index contributed by atoms with van der Waals surface area (Å²) >= 11 is 0. The summed E-state index contributed by atoms with van der Waals surface area (Å²) in [5, 5.41) is 22.9. The quantitative estimate of drug-likeness (QED) is 0.526. The maximum atomic E-state index is 12.1. The van der Waals surface area contributed by atoms with Crippen LogP contribution in [-0.4, -0.2) is 67.4 Å². The summed E-state index contributed by atoms with van der Waals surface area (Å²) < 4.78 is 12.4. The van der Waals surface area contributed by atoms with Gasteiger partial charge in [-0.05, 0) is 0 Å². The summed E-state index contributed by atoms with van der Waals surface area (Å²) in [7, 11) is 1.45. The van der Waals surface area contributed by atoms with Crippen LogP contribution in [0.4, 0.5) is 5.95 Å². The monoisotopic (exact) mass is 367 g/mol. The van der Waals surface area contributed by atoms with Crippen LogP contribution in [0.5, 0.6) is 0 Å². The smallest absolute Gasteiger partial charge is 0.280 e. The molecule has 3 heterocycles. The molecule has 3 unspecified atom stereocenters. The van der Waals surface area contributed by atoms with E-state index in [0.717, 1.165) is 0 Å². The van der Waals surface area contributed by atoms with Gasteiger partial charge in [0, 0.05) is 20.0 Å². The summed E-state index contributed by atoms with van der Waals surface area (Å²) in [5.74, 6) is -0.798. The lowest BCUT2D eigenvalue weighted by molar-refractivity contribution is -0.271. The number of carbonyl (C=O) groups is 1. The van der Waals surface area contributed by atoms with Gasteiger partial charge in [0.2, 0.25) is 11.9 Å². The van der Waals surface area contributed by atoms with Crippen LogP contribution in [0.1, 0.15) is 13.8 Å². The number of anilines is 1. The molecule has 0 aliphatic carbocycles. The van der Waals surface area contributed by atoms with E-state index in [1.165, 1.54) is 24.9 Å². The van der Waals surface area contributed by atoms with Gasteiger partial charge in [-0.3, -0.25) is 19.9 Å². The summed E-state index contributed by atoms with van der Waals surface area (Å²) in [6.45, 7) is 3.09. The highest BCUT2D eigenvalue weighted by atomic mass is 16.7. The highest BCUT2D eigenvalue weighted by Gasteiger charge is 2.42. The van der Waals surface area contributed by atoms with E-state index >= 15 is 0 Å². The maximum Gasteiger partial charge on any atom is 0.280 e. The van der Waals surface area contributed by atoms with Gasteiger partial charge < -0.3 is 24.3 Å². The van der Waals surface area contributed by atoms with E-state index in [-0.39, 0.29) is 29.6 Å². The van der Waals surface area contributed by atoms with Crippen LogP contribution in [0.25, 0.3) is 11.2 Å². The molecule has 1 aliphatic rings. The largest absolute Gasteiger partial charge is 0.390 e. The fourth-order valence-electron chi connectivity index (χ4n) is 3.00. The molecule has 142 valence electrons. The molecule has 2 aromatic heterocycles. The van der Waals surface area contributed by atoms with Gasteiger partial charge in [-0.2, -0.15) is 4.98 Å². The van der Waals surface area contributed by atoms with Gasteiger partial charge >= 0.3 is 0 Å². The average Bonchev–Trinajstić information content (AvgIpc) is 2.98. The van der Waals surface area contributed by atoms with Crippen molar-refractivity contribution in [2.24, 2.45) is 5.92 Å². The predicted octanol–water partition coefficient (Wildman–Crippen LogP) is -1.19. The number of H-pyrrole nitrogens is 1. The first-order valence-corrected chi connectivity index (χ1v) is 8.09. The minimum absolute atomic E-state index is 0.00899. The number of fused-ring (bicyclic) bond motifs is 1. The molecule has 1 saturated heterocycles. The number of rotatable bonds is 4. The fourth-order valence-corrected chi connectivity index (χ4v) is 3.00. The second-order valence-electron chi connectivity index (χ2n) is 6.28. The van der Waals surface area contributed by atoms with Crippen LogP contribution in [0.3, 0.4) is 0 Å². The van der Waals surface area contributed by atoms with Gasteiger partial charge in [0.15, 0.2) is 17.5 Å². The molecule has 0 bridgehead atoms. The number of hydrogen-bond acceptors (Lipinski definition) is 8. The molecule has 11 heteroatoms. The number of methoxy groups -OCH3 is 1. The van der Waals surface area contributed by atoms with Gasteiger partial charge in [-0.1, -0.05) is 6.92 Å². The Hall–Kier alpha value is -2.34. The van der Waals surface area contributed by atoms with E-state index in [9.17, 15) is 19.8 Å². The zero-order valence-electron chi connectivity index (χ0n) is 14.5. The summed E-state index contributed by atoms with van der Waals surface area (Å²) in [6.07, 6.45) is -2.27. The van der Waals surface area contributed by atoms with E-state index in [2.05, 4.69) is 20.3 Å². The van der Waals surface area contributed by atoms with Gasteiger partial charge in [-0.25, -0.2) is 4.98 Å². The summed E-state index contributed by atoms with van der Waals surface area (Å²) in [4.78, 5) is 33.9. The minimum Gasteiger partial charge on any atom is -0.390 e. The van der Waals surface area contributed by atoms with Crippen molar-refractivity contribution in [1.29, 1.82) is 0 Å². The van der Waals surface area contributed by atoms with Crippen molar-refractivity contribution in [3.63, 3.8) is 0 Å². The Morgan fingerprint density at radius 3 is 2.85 bits per heavy atom. The zero-order chi connectivity index (χ0) is 19.0. The third-order valence-corrected chi connectivity index (χ3v) is 4.39. The van der Waals surface area contributed by atoms with Gasteiger partial charge in [0.1, 0.15) is 12.2 Å². The Morgan fingerprint density at radius 1 is 1.46 bits per heavy atom. The molecule has 2 aromatic rings. The lowest BCUT2D eigenvalue weighted by Gasteiger charge is -2.40. The molecule has 1 aliphatic heterocycles. The lowest BCUT2D eigenvalue weighted by Crippen LogP contribution is -2.55. The van der Waals surface area contributed by atoms with E-state index in [0.29, 0.717) is 0 Å². The van der Waals surface area contributed by atoms with Crippen molar-refractivity contribution in [2.45, 2.75) is 45.0 Å². The number of aliphatic hydroxyl groups excluding tert-OH is 2. The molecule has 0 radical (unpaired) electrons. The van der Waals surface area contributed by atoms with E-state index in [1.807, 2.05) is 0 Å². The number of aromatic nitrogens is 4. The summed E-state index contributed by atoms with van der Waals surface area (Å²) in [6, 6.07) is 0. The highest BCUT2D eigenvalue weighted by Crippen LogP contribution is 2.27. The van der Waals surface area contributed by atoms with Gasteiger partial charge in [-0.15, -0.1) is 0 Å². The topological polar surface area (TPSA) is 152 Å². The van der Waals surface area contributed by atoms with Crippen LogP contribution in [0.2, 0.25) is 0 Å². The number of amides is 1. The number of nitrogens with zero attached hydrogens (tertiary/aromatic N) is 3. The van der Waals surface area contributed by atoms with Crippen LogP contribution >= 0.6 is 0 Å². The van der Waals surface area contributed by atoms with Crippen molar-refractivity contribution in [3.05, 3.63) is 16.7 Å². The Kier molecular flexibility index (Phi) is 5.05. The predicted molar refractivity (Wildman–Crippen MR) is 89.3 cm³/mol. The van der Waals surface area contributed by atoms with Crippen LogP contribution in [0.15, 0.2) is 11.1 Å². The lowest BCUT2D eigenvalue weighted by atomic mass is 9.92. The number of nitrogens with one attached hydrogen (secondary N) is 2. The number of carbonyl (C=O) groups excluding carboxylic acids is 1. The molecular formula is C15H21N5O6. The van der Waals surface area contributed by atoms with Crippen molar-refractivity contribution in [3.8, 4) is 0 Å². The molecule has 3 rings (SSSR count). The molecule has 11 nitrogen and oxygen atoms in total. The summed E-state index contributed by atoms with van der Waals surface area (Å²) in [5.41, 5.74) is -0.206. The van der Waals surface area contributed by atoms with Crippen molar-refractivity contribution in [2.75, 3.05) is 12.4 Å². The number of ether oxygens (including phenoxy) is 2. The number of aliphatic hydroxyl groups is 2. The van der Waals surface area contributed by atoms with Crippen LogP contribution in [-0.2, 0) is 20.8 Å². The molecule has 4 N–H and O–H groups in total. The Balaban J connectivity index is 1.92. The van der Waals surface area contributed by atoms with Gasteiger partial charge in [0.05, 0.1) is 19.0 Å². The molecule has 26 heavy (non-hydrogen) atoms. The van der Waals surface area contributed by atoms with Crippen LogP contribution < -0.4 is 10.9 Å². The SMILES string of the molecule is CO[C@H]1OC(Cn2cnc3c(=O)[nH]c(NC(C)=O)nc32)[C@@H](O)C(O)C1C. The number of hydrogen-bond donors (Lipinski definition) is 4. The molecule has 1 amide bonds. The number of aromatic amines is 1. The first-order chi connectivity index (χ1) is 12.3. The van der Waals surface area contributed by atoms with Crippen molar-refractivity contribution >= 4 is 23.0 Å². The highest BCUT2D eigenvalue weighted by molar-refractivity contribution is 5.87. The Bertz CT molecular complexity index is 862. The molecule has 0 spiro atoms. The van der Waals surface area contributed by atoms with E-state index in [1.54, 1.807) is 6.92 Å². The molecular weight excluding hydrogens is 346 g/mol. The average molecular weight is 367 g/mol. The maximum absolute atomic E-state index is 12.1. The van der Waals surface area contributed by atoms with Crippen LogP contribution in [0, 0.1) is 5.92 Å². The first-order valence-electron chi connectivity index (χ1n) is 8.09. The molecule has 5 atom stereocenters. The van der Waals surface area contributed by atoms with E-state index < -0.39 is 36.1 Å². The Morgan fingerprint density at radius 2 is 2.19 bits per heavy atom.